The molecule has 1 aliphatic carbocycles. The molecule has 3 rings (SSSR count). The van der Waals surface area contributed by atoms with Crippen LogP contribution in [0.15, 0.2) is 48.5 Å². The van der Waals surface area contributed by atoms with Gasteiger partial charge in [0.25, 0.3) is 0 Å². The van der Waals surface area contributed by atoms with Crippen LogP contribution >= 0.6 is 0 Å². The van der Waals surface area contributed by atoms with Crippen LogP contribution in [0.25, 0.3) is 0 Å². The summed E-state index contributed by atoms with van der Waals surface area (Å²) in [4.78, 5) is 14.8. The van der Waals surface area contributed by atoms with E-state index in [1.165, 1.54) is 16.7 Å². The molecule has 2 aromatic rings. The molecule has 0 saturated heterocycles. The molecule has 114 valence electrons. The van der Waals surface area contributed by atoms with Crippen molar-refractivity contribution < 1.29 is 4.79 Å². The molecule has 0 N–H and O–H groups in total. The molecular weight excluding hydrogens is 270 g/mol. The lowest BCUT2D eigenvalue weighted by Crippen LogP contribution is -2.33. The number of hydrogen-bond acceptors (Lipinski definition) is 1. The minimum absolute atomic E-state index is 0.248. The molecule has 0 atom stereocenters. The van der Waals surface area contributed by atoms with E-state index in [0.717, 1.165) is 24.9 Å². The molecule has 0 unspecified atom stereocenters. The fourth-order valence-corrected chi connectivity index (χ4v) is 2.77. The number of amides is 1. The largest absolute Gasteiger partial charge is 0.335 e. The topological polar surface area (TPSA) is 20.3 Å². The smallest absolute Gasteiger partial charge is 0.227 e. The molecule has 0 bridgehead atoms. The van der Waals surface area contributed by atoms with Gasteiger partial charge in [-0.2, -0.15) is 0 Å². The summed E-state index contributed by atoms with van der Waals surface area (Å²) < 4.78 is 0. The van der Waals surface area contributed by atoms with E-state index in [-0.39, 0.29) is 5.91 Å². The third-order valence-corrected chi connectivity index (χ3v) is 4.38. The van der Waals surface area contributed by atoms with Crippen LogP contribution in [0, 0.1) is 13.8 Å². The molecule has 0 aromatic heterocycles. The summed E-state index contributed by atoms with van der Waals surface area (Å²) in [6.07, 6.45) is 2.80. The Kier molecular flexibility index (Phi) is 4.28. The van der Waals surface area contributed by atoms with Crippen molar-refractivity contribution in [2.24, 2.45) is 0 Å². The Balaban J connectivity index is 1.72. The van der Waals surface area contributed by atoms with E-state index < -0.39 is 0 Å². The molecule has 2 nitrogen and oxygen atoms in total. The first kappa shape index (κ1) is 14.8. The number of benzene rings is 2. The van der Waals surface area contributed by atoms with E-state index in [4.69, 9.17) is 0 Å². The van der Waals surface area contributed by atoms with Gasteiger partial charge in [-0.25, -0.2) is 0 Å². The summed E-state index contributed by atoms with van der Waals surface area (Å²) in [5.41, 5.74) is 4.81. The van der Waals surface area contributed by atoms with E-state index in [9.17, 15) is 4.79 Å². The van der Waals surface area contributed by atoms with Crippen molar-refractivity contribution >= 4 is 5.91 Å². The SMILES string of the molecule is Cc1ccc(CN(C(=O)Cc2ccccc2C)C2CC2)cc1. The summed E-state index contributed by atoms with van der Waals surface area (Å²) in [7, 11) is 0. The van der Waals surface area contributed by atoms with Crippen molar-refractivity contribution in [3.63, 3.8) is 0 Å². The van der Waals surface area contributed by atoms with E-state index in [1.54, 1.807) is 0 Å². The van der Waals surface area contributed by atoms with Gasteiger partial charge >= 0.3 is 0 Å². The predicted molar refractivity (Wildman–Crippen MR) is 89.6 cm³/mol. The van der Waals surface area contributed by atoms with Gasteiger partial charge in [-0.05, 0) is 43.4 Å². The maximum atomic E-state index is 12.7. The second-order valence-electron chi connectivity index (χ2n) is 6.34. The summed E-state index contributed by atoms with van der Waals surface area (Å²) >= 11 is 0. The minimum atomic E-state index is 0.248. The van der Waals surface area contributed by atoms with Crippen molar-refractivity contribution in [1.29, 1.82) is 0 Å². The highest BCUT2D eigenvalue weighted by Crippen LogP contribution is 2.29. The fourth-order valence-electron chi connectivity index (χ4n) is 2.77. The van der Waals surface area contributed by atoms with Crippen LogP contribution in [0.1, 0.15) is 35.1 Å². The zero-order valence-electron chi connectivity index (χ0n) is 13.4. The minimum Gasteiger partial charge on any atom is -0.335 e. The van der Waals surface area contributed by atoms with Crippen LogP contribution in [0.3, 0.4) is 0 Å². The molecule has 1 amide bonds. The number of carbonyl (C=O) groups is 1. The maximum Gasteiger partial charge on any atom is 0.227 e. The van der Waals surface area contributed by atoms with Crippen molar-refractivity contribution in [2.75, 3.05) is 0 Å². The van der Waals surface area contributed by atoms with Crippen LogP contribution in [0.2, 0.25) is 0 Å². The van der Waals surface area contributed by atoms with Crippen LogP contribution in [-0.4, -0.2) is 16.8 Å². The third-order valence-electron chi connectivity index (χ3n) is 4.38. The van der Waals surface area contributed by atoms with Gasteiger partial charge in [0.15, 0.2) is 0 Å². The fraction of sp³-hybridized carbons (Fsp3) is 0.350. The van der Waals surface area contributed by atoms with Gasteiger partial charge in [0, 0.05) is 12.6 Å². The molecule has 1 fully saturated rings. The Morgan fingerprint density at radius 3 is 2.36 bits per heavy atom. The van der Waals surface area contributed by atoms with E-state index in [1.807, 2.05) is 12.1 Å². The van der Waals surface area contributed by atoms with Crippen molar-refractivity contribution in [2.45, 2.75) is 45.7 Å². The summed E-state index contributed by atoms with van der Waals surface area (Å²) in [6, 6.07) is 17.1. The molecule has 2 heteroatoms. The summed E-state index contributed by atoms with van der Waals surface area (Å²) in [5.74, 6) is 0.248. The normalized spacial score (nSPS) is 13.9. The lowest BCUT2D eigenvalue weighted by atomic mass is 10.0. The van der Waals surface area contributed by atoms with Gasteiger partial charge < -0.3 is 4.90 Å². The molecule has 0 aliphatic heterocycles. The monoisotopic (exact) mass is 293 g/mol. The number of nitrogens with zero attached hydrogens (tertiary/aromatic N) is 1. The second-order valence-corrected chi connectivity index (χ2v) is 6.34. The third kappa shape index (κ3) is 3.56. The highest BCUT2D eigenvalue weighted by molar-refractivity contribution is 5.79. The Bertz CT molecular complexity index is 656. The van der Waals surface area contributed by atoms with Gasteiger partial charge in [0.1, 0.15) is 0 Å². The molecule has 22 heavy (non-hydrogen) atoms. The molecule has 2 aromatic carbocycles. The Morgan fingerprint density at radius 1 is 1.05 bits per heavy atom. The maximum absolute atomic E-state index is 12.7. The predicted octanol–water partition coefficient (Wildman–Crippen LogP) is 4.04. The Morgan fingerprint density at radius 2 is 1.73 bits per heavy atom. The van der Waals surface area contributed by atoms with Crippen molar-refractivity contribution in [3.05, 3.63) is 70.8 Å². The number of carbonyl (C=O) groups excluding carboxylic acids is 1. The van der Waals surface area contributed by atoms with Gasteiger partial charge in [0.2, 0.25) is 5.91 Å². The number of aryl methyl sites for hydroxylation is 2. The highest BCUT2D eigenvalue weighted by Gasteiger charge is 2.32. The van der Waals surface area contributed by atoms with Crippen molar-refractivity contribution in [3.8, 4) is 0 Å². The number of rotatable bonds is 5. The van der Waals surface area contributed by atoms with Gasteiger partial charge in [0.05, 0.1) is 6.42 Å². The summed E-state index contributed by atoms with van der Waals surface area (Å²) in [6.45, 7) is 4.89. The first-order valence-corrected chi connectivity index (χ1v) is 8.03. The van der Waals surface area contributed by atoms with Crippen LogP contribution in [0.5, 0.6) is 0 Å². The van der Waals surface area contributed by atoms with E-state index >= 15 is 0 Å². The van der Waals surface area contributed by atoms with Gasteiger partial charge in [-0.1, -0.05) is 54.1 Å². The van der Waals surface area contributed by atoms with Crippen LogP contribution < -0.4 is 0 Å². The molecule has 0 radical (unpaired) electrons. The Hall–Kier alpha value is -2.09. The Labute approximate surface area is 132 Å². The molecular formula is C20H23NO. The lowest BCUT2D eigenvalue weighted by molar-refractivity contribution is -0.131. The zero-order chi connectivity index (χ0) is 15.5. The number of hydrogen-bond donors (Lipinski definition) is 0. The van der Waals surface area contributed by atoms with Crippen LogP contribution in [0.4, 0.5) is 0 Å². The molecule has 1 aliphatic rings. The summed E-state index contributed by atoms with van der Waals surface area (Å²) in [5, 5.41) is 0. The van der Waals surface area contributed by atoms with E-state index in [2.05, 4.69) is 55.1 Å². The van der Waals surface area contributed by atoms with Gasteiger partial charge in [-0.3, -0.25) is 4.79 Å². The van der Waals surface area contributed by atoms with E-state index in [0.29, 0.717) is 12.5 Å². The first-order chi connectivity index (χ1) is 10.6. The molecule has 1 saturated carbocycles. The lowest BCUT2D eigenvalue weighted by Gasteiger charge is -2.23. The molecule has 0 heterocycles. The quantitative estimate of drug-likeness (QED) is 0.815. The van der Waals surface area contributed by atoms with Gasteiger partial charge in [-0.15, -0.1) is 0 Å². The average Bonchev–Trinajstić information content (AvgIpc) is 3.33. The van der Waals surface area contributed by atoms with Crippen LogP contribution in [-0.2, 0) is 17.8 Å². The van der Waals surface area contributed by atoms with Crippen molar-refractivity contribution in [1.82, 2.24) is 4.90 Å². The second kappa shape index (κ2) is 6.35. The zero-order valence-corrected chi connectivity index (χ0v) is 13.4. The first-order valence-electron chi connectivity index (χ1n) is 8.03. The standard InChI is InChI=1S/C20H23NO/c1-15-7-9-17(10-8-15)14-21(19-11-12-19)20(22)13-18-6-4-3-5-16(18)2/h3-10,19H,11-14H2,1-2H3. The average molecular weight is 293 g/mol. The highest BCUT2D eigenvalue weighted by atomic mass is 16.2. The molecule has 0 spiro atoms.